The first-order chi connectivity index (χ1) is 11.8. The first kappa shape index (κ1) is 20.6. The van der Waals surface area contributed by atoms with Crippen molar-refractivity contribution in [2.45, 2.75) is 40.2 Å². The molecule has 25 heavy (non-hydrogen) atoms. The molecule has 0 aliphatic heterocycles. The molecule has 7 heteroatoms. The molecule has 1 aromatic carbocycles. The van der Waals surface area contributed by atoms with E-state index in [0.717, 1.165) is 6.42 Å². The third kappa shape index (κ3) is 8.30. The number of benzene rings is 1. The molecule has 0 fully saturated rings. The minimum Gasteiger partial charge on any atom is -0.353 e. The van der Waals surface area contributed by atoms with Gasteiger partial charge in [-0.3, -0.25) is 19.3 Å². The van der Waals surface area contributed by atoms with E-state index in [2.05, 4.69) is 16.0 Å². The smallest absolute Gasteiger partial charge is 0.238 e. The second-order valence-electron chi connectivity index (χ2n) is 5.99. The number of hydrogen-bond donors (Lipinski definition) is 3. The van der Waals surface area contributed by atoms with Gasteiger partial charge in [0.05, 0.1) is 13.1 Å². The topological polar surface area (TPSA) is 90.5 Å². The lowest BCUT2D eigenvalue weighted by atomic mass is 10.2. The van der Waals surface area contributed by atoms with E-state index in [1.165, 1.54) is 6.92 Å². The molecule has 0 aliphatic carbocycles. The zero-order chi connectivity index (χ0) is 18.8. The molecule has 3 N–H and O–H groups in total. The number of anilines is 2. The number of likely N-dealkylation sites (N-methyl/N-ethyl adjacent to an activating group) is 1. The fraction of sp³-hybridized carbons (Fsp3) is 0.500. The van der Waals surface area contributed by atoms with Crippen LogP contribution in [0.3, 0.4) is 0 Å². The van der Waals surface area contributed by atoms with Crippen LogP contribution < -0.4 is 16.0 Å². The number of nitrogens with zero attached hydrogens (tertiary/aromatic N) is 1. The van der Waals surface area contributed by atoms with Gasteiger partial charge in [-0.25, -0.2) is 0 Å². The maximum atomic E-state index is 12.2. The summed E-state index contributed by atoms with van der Waals surface area (Å²) in [7, 11) is 0. The van der Waals surface area contributed by atoms with Gasteiger partial charge in [0.1, 0.15) is 0 Å². The number of nitrogens with one attached hydrogen (secondary N) is 3. The van der Waals surface area contributed by atoms with Crippen LogP contribution in [0.15, 0.2) is 24.3 Å². The van der Waals surface area contributed by atoms with Gasteiger partial charge in [-0.15, -0.1) is 0 Å². The zero-order valence-electron chi connectivity index (χ0n) is 15.4. The van der Waals surface area contributed by atoms with Gasteiger partial charge in [-0.1, -0.05) is 13.8 Å². The first-order valence-corrected chi connectivity index (χ1v) is 8.53. The predicted octanol–water partition coefficient (Wildman–Crippen LogP) is 1.82. The molecule has 0 unspecified atom stereocenters. The summed E-state index contributed by atoms with van der Waals surface area (Å²) >= 11 is 0. The van der Waals surface area contributed by atoms with Gasteiger partial charge in [0.15, 0.2) is 0 Å². The maximum Gasteiger partial charge on any atom is 0.238 e. The van der Waals surface area contributed by atoms with E-state index in [1.807, 2.05) is 20.8 Å². The highest BCUT2D eigenvalue weighted by Gasteiger charge is 2.14. The molecule has 3 amide bonds. The predicted molar refractivity (Wildman–Crippen MR) is 99.4 cm³/mol. The molecule has 0 spiro atoms. The third-order valence-electron chi connectivity index (χ3n) is 3.69. The van der Waals surface area contributed by atoms with Gasteiger partial charge in [0.25, 0.3) is 0 Å². The summed E-state index contributed by atoms with van der Waals surface area (Å²) in [6, 6.07) is 6.99. The molecule has 0 aliphatic rings. The molecule has 0 radical (unpaired) electrons. The van der Waals surface area contributed by atoms with Crippen LogP contribution in [0.5, 0.6) is 0 Å². The Labute approximate surface area is 149 Å². The van der Waals surface area contributed by atoms with Gasteiger partial charge in [-0.05, 0) is 44.2 Å². The average Bonchev–Trinajstić information content (AvgIpc) is 2.55. The Balaban J connectivity index is 2.50. The largest absolute Gasteiger partial charge is 0.353 e. The Morgan fingerprint density at radius 3 is 1.96 bits per heavy atom. The molecular formula is C18H28N4O3. The van der Waals surface area contributed by atoms with Crippen molar-refractivity contribution in [3.05, 3.63) is 24.3 Å². The van der Waals surface area contributed by atoms with Crippen molar-refractivity contribution in [3.63, 3.8) is 0 Å². The van der Waals surface area contributed by atoms with Crippen molar-refractivity contribution in [1.29, 1.82) is 0 Å². The van der Waals surface area contributed by atoms with E-state index >= 15 is 0 Å². The molecule has 1 aromatic rings. The second-order valence-corrected chi connectivity index (χ2v) is 5.99. The lowest BCUT2D eigenvalue weighted by Gasteiger charge is -2.20. The molecule has 0 heterocycles. The van der Waals surface area contributed by atoms with E-state index in [-0.39, 0.29) is 36.9 Å². The first-order valence-electron chi connectivity index (χ1n) is 8.53. The molecule has 0 saturated carbocycles. The van der Waals surface area contributed by atoms with E-state index in [1.54, 1.807) is 29.2 Å². The van der Waals surface area contributed by atoms with E-state index in [4.69, 9.17) is 0 Å². The fourth-order valence-corrected chi connectivity index (χ4v) is 2.15. The number of amides is 3. The van der Waals surface area contributed by atoms with Crippen molar-refractivity contribution in [2.75, 3.05) is 30.3 Å². The van der Waals surface area contributed by atoms with Crippen molar-refractivity contribution in [2.24, 2.45) is 0 Å². The highest BCUT2D eigenvalue weighted by molar-refractivity contribution is 5.93. The molecule has 1 rings (SSSR count). The van der Waals surface area contributed by atoms with Gasteiger partial charge >= 0.3 is 0 Å². The molecular weight excluding hydrogens is 320 g/mol. The summed E-state index contributed by atoms with van der Waals surface area (Å²) in [4.78, 5) is 36.8. The van der Waals surface area contributed by atoms with Crippen molar-refractivity contribution in [1.82, 2.24) is 10.2 Å². The average molecular weight is 348 g/mol. The summed E-state index contributed by atoms with van der Waals surface area (Å²) in [5, 5.41) is 8.34. The van der Waals surface area contributed by atoms with Gasteiger partial charge < -0.3 is 16.0 Å². The van der Waals surface area contributed by atoms with Crippen LogP contribution in [0, 0.1) is 0 Å². The number of carbonyl (C=O) groups excluding carboxylic acids is 3. The molecule has 0 bridgehead atoms. The van der Waals surface area contributed by atoms with Crippen LogP contribution in [0.1, 0.15) is 34.1 Å². The van der Waals surface area contributed by atoms with Crippen LogP contribution in [0.4, 0.5) is 11.4 Å². The van der Waals surface area contributed by atoms with Gasteiger partial charge in [0, 0.05) is 24.3 Å². The summed E-state index contributed by atoms with van der Waals surface area (Å²) in [5.41, 5.74) is 1.31. The van der Waals surface area contributed by atoms with Crippen molar-refractivity contribution in [3.8, 4) is 0 Å². The second kappa shape index (κ2) is 10.5. The number of carbonyl (C=O) groups is 3. The van der Waals surface area contributed by atoms with Crippen LogP contribution in [-0.2, 0) is 14.4 Å². The van der Waals surface area contributed by atoms with Gasteiger partial charge in [-0.2, -0.15) is 0 Å². The summed E-state index contributed by atoms with van der Waals surface area (Å²) < 4.78 is 0. The molecule has 1 atom stereocenters. The summed E-state index contributed by atoms with van der Waals surface area (Å²) in [5.74, 6) is -0.417. The highest BCUT2D eigenvalue weighted by Crippen LogP contribution is 2.13. The van der Waals surface area contributed by atoms with E-state index in [9.17, 15) is 14.4 Å². The summed E-state index contributed by atoms with van der Waals surface area (Å²) in [6.45, 7) is 8.23. The van der Waals surface area contributed by atoms with E-state index < -0.39 is 0 Å². The standard InChI is InChI=1S/C18H28N4O3/c1-5-13(3)19-17(24)11-22(6-2)12-18(25)21-16-9-7-15(8-10-16)20-14(4)23/h7-10,13H,5-6,11-12H2,1-4H3,(H,19,24)(H,20,23)(H,21,25)/t13-/m0/s1. The monoisotopic (exact) mass is 348 g/mol. The number of hydrogen-bond acceptors (Lipinski definition) is 4. The summed E-state index contributed by atoms with van der Waals surface area (Å²) in [6.07, 6.45) is 0.868. The van der Waals surface area contributed by atoms with Crippen molar-refractivity contribution >= 4 is 29.1 Å². The molecule has 7 nitrogen and oxygen atoms in total. The highest BCUT2D eigenvalue weighted by atomic mass is 16.2. The maximum absolute atomic E-state index is 12.2. The third-order valence-corrected chi connectivity index (χ3v) is 3.69. The number of rotatable bonds is 9. The Bertz CT molecular complexity index is 586. The van der Waals surface area contributed by atoms with Crippen LogP contribution in [0.25, 0.3) is 0 Å². The molecule has 0 saturated heterocycles. The Hall–Kier alpha value is -2.41. The minimum absolute atomic E-state index is 0.0799. The Kier molecular flexibility index (Phi) is 8.63. The van der Waals surface area contributed by atoms with Crippen LogP contribution >= 0.6 is 0 Å². The van der Waals surface area contributed by atoms with Crippen LogP contribution in [0.2, 0.25) is 0 Å². The van der Waals surface area contributed by atoms with E-state index in [0.29, 0.717) is 17.9 Å². The minimum atomic E-state index is -0.189. The molecule has 0 aromatic heterocycles. The van der Waals surface area contributed by atoms with Crippen LogP contribution in [-0.4, -0.2) is 48.3 Å². The lowest BCUT2D eigenvalue weighted by Crippen LogP contribution is -2.43. The zero-order valence-corrected chi connectivity index (χ0v) is 15.4. The molecule has 138 valence electrons. The fourth-order valence-electron chi connectivity index (χ4n) is 2.15. The van der Waals surface area contributed by atoms with Crippen molar-refractivity contribution < 1.29 is 14.4 Å². The van der Waals surface area contributed by atoms with Gasteiger partial charge in [0.2, 0.25) is 17.7 Å². The normalized spacial score (nSPS) is 11.7. The Morgan fingerprint density at radius 1 is 0.960 bits per heavy atom. The SMILES string of the molecule is CC[C@H](C)NC(=O)CN(CC)CC(=O)Nc1ccc(NC(C)=O)cc1. The quantitative estimate of drug-likeness (QED) is 0.635. The Morgan fingerprint density at radius 2 is 1.48 bits per heavy atom. The lowest BCUT2D eigenvalue weighted by molar-refractivity contribution is -0.124.